The minimum absolute atomic E-state index is 0. The summed E-state index contributed by atoms with van der Waals surface area (Å²) in [5.74, 6) is 0. The molecule has 1 aliphatic rings. The Morgan fingerprint density at radius 1 is 1.12 bits per heavy atom. The maximum atomic E-state index is 12.5. The van der Waals surface area contributed by atoms with E-state index in [-0.39, 0.29) is 18.4 Å². The summed E-state index contributed by atoms with van der Waals surface area (Å²) in [5, 5.41) is 3.39. The minimum Gasteiger partial charge on any atom is -0.308 e. The third-order valence-corrected chi connectivity index (χ3v) is 5.90. The molecule has 0 saturated heterocycles. The Hall–Kier alpha value is -1.40. The van der Waals surface area contributed by atoms with Crippen molar-refractivity contribution in [3.05, 3.63) is 64.7 Å². The van der Waals surface area contributed by atoms with Gasteiger partial charge in [0.25, 0.3) is 0 Å². The second kappa shape index (κ2) is 7.66. The molecule has 24 heavy (non-hydrogen) atoms. The second-order valence-electron chi connectivity index (χ2n) is 6.05. The van der Waals surface area contributed by atoms with Crippen LogP contribution in [0.5, 0.6) is 0 Å². The van der Waals surface area contributed by atoms with Crippen molar-refractivity contribution in [3.8, 4) is 0 Å². The molecule has 0 amide bonds. The van der Waals surface area contributed by atoms with Crippen LogP contribution in [0, 0.1) is 13.8 Å². The number of rotatable bonds is 4. The lowest BCUT2D eigenvalue weighted by molar-refractivity contribution is 0.491. The number of benzene rings is 2. The maximum Gasteiger partial charge on any atom is 0.240 e. The van der Waals surface area contributed by atoms with Gasteiger partial charge in [-0.25, -0.2) is 13.1 Å². The predicted molar refractivity (Wildman–Crippen MR) is 99.2 cm³/mol. The molecular weight excluding hydrogens is 344 g/mol. The van der Waals surface area contributed by atoms with Gasteiger partial charge in [0.05, 0.1) is 4.90 Å². The molecule has 2 aromatic rings. The van der Waals surface area contributed by atoms with Crippen LogP contribution in [0.2, 0.25) is 0 Å². The van der Waals surface area contributed by atoms with Gasteiger partial charge < -0.3 is 5.32 Å². The van der Waals surface area contributed by atoms with E-state index in [4.69, 9.17) is 0 Å². The van der Waals surface area contributed by atoms with Crippen molar-refractivity contribution in [1.82, 2.24) is 10.0 Å². The molecule has 3 rings (SSSR count). The van der Waals surface area contributed by atoms with Crippen molar-refractivity contribution in [3.63, 3.8) is 0 Å². The third-order valence-electron chi connectivity index (χ3n) is 4.48. The van der Waals surface area contributed by atoms with Gasteiger partial charge in [-0.15, -0.1) is 12.4 Å². The zero-order valence-corrected chi connectivity index (χ0v) is 15.5. The first kappa shape index (κ1) is 18.9. The van der Waals surface area contributed by atoms with Crippen molar-refractivity contribution < 1.29 is 8.42 Å². The number of hydrogen-bond acceptors (Lipinski definition) is 3. The van der Waals surface area contributed by atoms with Crippen LogP contribution in [0.25, 0.3) is 0 Å². The van der Waals surface area contributed by atoms with Gasteiger partial charge in [0.2, 0.25) is 10.0 Å². The summed E-state index contributed by atoms with van der Waals surface area (Å²) in [6.07, 6.45) is 0.983. The SMILES string of the molecule is Cc1ccc(S(=O)(=O)NCC2NCCc3ccccc32)cc1C.Cl. The first-order valence-electron chi connectivity index (χ1n) is 7.85. The third kappa shape index (κ3) is 3.98. The van der Waals surface area contributed by atoms with Gasteiger partial charge >= 0.3 is 0 Å². The van der Waals surface area contributed by atoms with Crippen LogP contribution in [-0.2, 0) is 16.4 Å². The summed E-state index contributed by atoms with van der Waals surface area (Å²) in [6, 6.07) is 13.4. The molecule has 1 atom stereocenters. The van der Waals surface area contributed by atoms with Crippen LogP contribution >= 0.6 is 12.4 Å². The Bertz CT molecular complexity index is 822. The van der Waals surface area contributed by atoms with E-state index in [0.29, 0.717) is 11.4 Å². The Morgan fingerprint density at radius 3 is 2.62 bits per heavy atom. The Labute approximate surface area is 150 Å². The Balaban J connectivity index is 0.00000208. The number of aryl methyl sites for hydroxylation is 2. The monoisotopic (exact) mass is 366 g/mol. The molecular formula is C18H23ClN2O2S. The Morgan fingerprint density at radius 2 is 1.88 bits per heavy atom. The molecule has 0 radical (unpaired) electrons. The predicted octanol–water partition coefficient (Wildman–Crippen LogP) is 2.89. The van der Waals surface area contributed by atoms with E-state index in [1.54, 1.807) is 12.1 Å². The van der Waals surface area contributed by atoms with Crippen molar-refractivity contribution in [2.24, 2.45) is 0 Å². The molecule has 0 saturated carbocycles. The van der Waals surface area contributed by atoms with Crippen molar-refractivity contribution >= 4 is 22.4 Å². The van der Waals surface area contributed by atoms with Crippen LogP contribution in [0.15, 0.2) is 47.4 Å². The average Bonchev–Trinajstić information content (AvgIpc) is 2.55. The van der Waals surface area contributed by atoms with Gasteiger partial charge in [0, 0.05) is 12.6 Å². The zero-order chi connectivity index (χ0) is 16.4. The van der Waals surface area contributed by atoms with Crippen molar-refractivity contribution in [2.45, 2.75) is 31.2 Å². The van der Waals surface area contributed by atoms with E-state index in [1.807, 2.05) is 32.0 Å². The zero-order valence-electron chi connectivity index (χ0n) is 13.9. The molecule has 0 aromatic heterocycles. The van der Waals surface area contributed by atoms with E-state index in [9.17, 15) is 8.42 Å². The molecule has 0 bridgehead atoms. The first-order chi connectivity index (χ1) is 11.0. The van der Waals surface area contributed by atoms with Gasteiger partial charge in [0.15, 0.2) is 0 Å². The van der Waals surface area contributed by atoms with Gasteiger partial charge in [-0.3, -0.25) is 0 Å². The first-order valence-corrected chi connectivity index (χ1v) is 9.34. The summed E-state index contributed by atoms with van der Waals surface area (Å²) in [6.45, 7) is 5.12. The number of nitrogens with one attached hydrogen (secondary N) is 2. The van der Waals surface area contributed by atoms with Crippen LogP contribution in [0.1, 0.15) is 28.3 Å². The summed E-state index contributed by atoms with van der Waals surface area (Å²) in [4.78, 5) is 0.324. The molecule has 2 N–H and O–H groups in total. The van der Waals surface area contributed by atoms with Gasteiger partial charge in [-0.05, 0) is 61.2 Å². The lowest BCUT2D eigenvalue weighted by Gasteiger charge is -2.27. The van der Waals surface area contributed by atoms with Crippen molar-refractivity contribution in [1.29, 1.82) is 0 Å². The highest BCUT2D eigenvalue weighted by Crippen LogP contribution is 2.22. The molecule has 1 heterocycles. The summed E-state index contributed by atoms with van der Waals surface area (Å²) in [5.41, 5.74) is 4.55. The lowest BCUT2D eigenvalue weighted by Crippen LogP contribution is -2.38. The van der Waals surface area contributed by atoms with Gasteiger partial charge in [-0.2, -0.15) is 0 Å². The molecule has 1 unspecified atom stereocenters. The van der Waals surface area contributed by atoms with E-state index < -0.39 is 10.0 Å². The minimum atomic E-state index is -3.49. The molecule has 6 heteroatoms. The van der Waals surface area contributed by atoms with E-state index in [0.717, 1.165) is 24.1 Å². The van der Waals surface area contributed by atoms with Crippen molar-refractivity contribution in [2.75, 3.05) is 13.1 Å². The fraction of sp³-hybridized carbons (Fsp3) is 0.333. The standard InChI is InChI=1S/C18H22N2O2S.ClH/c1-13-7-8-16(11-14(13)2)23(21,22)20-12-18-17-6-4-3-5-15(17)9-10-19-18;/h3-8,11,18-20H,9-10,12H2,1-2H3;1H. The number of hydrogen-bond donors (Lipinski definition) is 2. The van der Waals surface area contributed by atoms with E-state index in [1.165, 1.54) is 11.1 Å². The fourth-order valence-corrected chi connectivity index (χ4v) is 4.06. The second-order valence-corrected chi connectivity index (χ2v) is 7.82. The molecule has 0 aliphatic carbocycles. The van der Waals surface area contributed by atoms with Gasteiger partial charge in [-0.1, -0.05) is 30.3 Å². The fourth-order valence-electron chi connectivity index (χ4n) is 2.93. The summed E-state index contributed by atoms with van der Waals surface area (Å²) >= 11 is 0. The normalized spacial score (nSPS) is 17.0. The van der Waals surface area contributed by atoms with Crippen LogP contribution in [0.4, 0.5) is 0 Å². The lowest BCUT2D eigenvalue weighted by atomic mass is 9.95. The highest BCUT2D eigenvalue weighted by atomic mass is 35.5. The van der Waals surface area contributed by atoms with E-state index in [2.05, 4.69) is 22.2 Å². The molecule has 4 nitrogen and oxygen atoms in total. The summed E-state index contributed by atoms with van der Waals surface area (Å²) in [7, 11) is -3.49. The topological polar surface area (TPSA) is 58.2 Å². The molecule has 0 fully saturated rings. The van der Waals surface area contributed by atoms with Gasteiger partial charge in [0.1, 0.15) is 0 Å². The number of sulfonamides is 1. The molecule has 2 aromatic carbocycles. The smallest absolute Gasteiger partial charge is 0.240 e. The molecule has 1 aliphatic heterocycles. The number of halogens is 1. The average molecular weight is 367 g/mol. The van der Waals surface area contributed by atoms with Crippen LogP contribution in [-0.4, -0.2) is 21.5 Å². The molecule has 0 spiro atoms. The highest BCUT2D eigenvalue weighted by Gasteiger charge is 2.22. The largest absolute Gasteiger partial charge is 0.308 e. The maximum absolute atomic E-state index is 12.5. The van der Waals surface area contributed by atoms with Crippen LogP contribution < -0.4 is 10.0 Å². The van der Waals surface area contributed by atoms with Crippen LogP contribution in [0.3, 0.4) is 0 Å². The number of fused-ring (bicyclic) bond motifs is 1. The highest BCUT2D eigenvalue weighted by molar-refractivity contribution is 7.89. The summed E-state index contributed by atoms with van der Waals surface area (Å²) < 4.78 is 27.8. The van der Waals surface area contributed by atoms with E-state index >= 15 is 0 Å². The molecule has 130 valence electrons. The Kier molecular flexibility index (Phi) is 6.04. The quantitative estimate of drug-likeness (QED) is 0.874.